The Morgan fingerprint density at radius 3 is 2.59 bits per heavy atom. The van der Waals surface area contributed by atoms with Crippen molar-refractivity contribution in [3.8, 4) is 11.1 Å². The Bertz CT molecular complexity index is 829. The van der Waals surface area contributed by atoms with Crippen LogP contribution in [0.25, 0.3) is 21.9 Å². The van der Waals surface area contributed by atoms with Gasteiger partial charge in [0.2, 0.25) is 0 Å². The van der Waals surface area contributed by atoms with Crippen molar-refractivity contribution in [3.05, 3.63) is 71.1 Å². The van der Waals surface area contributed by atoms with Crippen LogP contribution in [0.2, 0.25) is 0 Å². The standard InChI is InChI=1S/C16H11Br/c17-16-7-3-6-14(11-16)15-9-8-12-4-1-2-5-13(12)10-15/h1-11H/i3D,6D,7D,11D. The van der Waals surface area contributed by atoms with Gasteiger partial charge < -0.3 is 0 Å². The van der Waals surface area contributed by atoms with Gasteiger partial charge in [0.05, 0.1) is 5.48 Å². The summed E-state index contributed by atoms with van der Waals surface area (Å²) in [6.45, 7) is 0. The zero-order valence-electron chi connectivity index (χ0n) is 12.9. The van der Waals surface area contributed by atoms with Gasteiger partial charge in [-0.2, -0.15) is 0 Å². The summed E-state index contributed by atoms with van der Waals surface area (Å²) in [4.78, 5) is 0. The summed E-state index contributed by atoms with van der Waals surface area (Å²) >= 11 is 3.18. The summed E-state index contributed by atoms with van der Waals surface area (Å²) < 4.78 is 32.1. The van der Waals surface area contributed by atoms with Gasteiger partial charge in [-0.25, -0.2) is 0 Å². The number of fused-ring (bicyclic) bond motifs is 1. The third kappa shape index (κ3) is 2.11. The van der Waals surface area contributed by atoms with Crippen LogP contribution in [0.3, 0.4) is 0 Å². The van der Waals surface area contributed by atoms with Gasteiger partial charge in [0.15, 0.2) is 0 Å². The molecule has 1 heteroatoms. The quantitative estimate of drug-likeness (QED) is 0.572. The zero-order chi connectivity index (χ0) is 15.1. The molecule has 0 aliphatic carbocycles. The molecule has 0 atom stereocenters. The van der Waals surface area contributed by atoms with Crippen molar-refractivity contribution in [2.75, 3.05) is 0 Å². The maximum atomic E-state index is 8.15. The molecule has 0 heterocycles. The van der Waals surface area contributed by atoms with Gasteiger partial charge in [-0.05, 0) is 40.1 Å². The molecule has 3 aromatic rings. The first-order valence-corrected chi connectivity index (χ1v) is 6.05. The monoisotopic (exact) mass is 286 g/mol. The maximum absolute atomic E-state index is 8.15. The van der Waals surface area contributed by atoms with E-state index >= 15 is 0 Å². The van der Waals surface area contributed by atoms with Crippen molar-refractivity contribution in [1.29, 1.82) is 0 Å². The normalized spacial score (nSPS) is 13.9. The molecule has 17 heavy (non-hydrogen) atoms. The lowest BCUT2D eigenvalue weighted by Crippen LogP contribution is -1.78. The highest BCUT2D eigenvalue weighted by molar-refractivity contribution is 9.10. The largest absolute Gasteiger partial charge is 0.0641 e. The van der Waals surface area contributed by atoms with Crippen molar-refractivity contribution in [3.63, 3.8) is 0 Å². The fourth-order valence-electron chi connectivity index (χ4n) is 1.81. The summed E-state index contributed by atoms with van der Waals surface area (Å²) in [5.74, 6) is 0. The molecule has 0 radical (unpaired) electrons. The first kappa shape index (κ1) is 6.97. The van der Waals surface area contributed by atoms with Crippen LogP contribution in [0.4, 0.5) is 0 Å². The van der Waals surface area contributed by atoms with Crippen molar-refractivity contribution >= 4 is 26.7 Å². The van der Waals surface area contributed by atoms with Crippen LogP contribution < -0.4 is 0 Å². The third-order valence-corrected chi connectivity index (χ3v) is 3.03. The van der Waals surface area contributed by atoms with Crippen LogP contribution in [-0.4, -0.2) is 0 Å². The van der Waals surface area contributed by atoms with E-state index in [4.69, 9.17) is 5.48 Å². The van der Waals surface area contributed by atoms with E-state index in [1.54, 1.807) is 0 Å². The Morgan fingerprint density at radius 2 is 1.71 bits per heavy atom. The number of benzene rings is 3. The molecule has 0 nitrogen and oxygen atoms in total. The predicted octanol–water partition coefficient (Wildman–Crippen LogP) is 5.27. The highest BCUT2D eigenvalue weighted by Crippen LogP contribution is 2.26. The molecule has 82 valence electrons. The molecular weight excluding hydrogens is 272 g/mol. The average molecular weight is 287 g/mol. The third-order valence-electron chi connectivity index (χ3n) is 2.63. The highest BCUT2D eigenvalue weighted by atomic mass is 79.9. The SMILES string of the molecule is [2H]c1c([2H])c(Br)c([2H])c(-c2ccc3ccccc3c2)c1[2H]. The topological polar surface area (TPSA) is 0 Å². The molecule has 0 aliphatic rings. The molecule has 0 aliphatic heterocycles. The fourth-order valence-corrected chi connectivity index (χ4v) is 2.11. The van der Waals surface area contributed by atoms with Gasteiger partial charge in [0, 0.05) is 4.47 Å². The molecule has 3 rings (SSSR count). The second kappa shape index (κ2) is 4.34. The fraction of sp³-hybridized carbons (Fsp3) is 0. The molecule has 0 amide bonds. The second-order valence-electron chi connectivity index (χ2n) is 3.75. The van der Waals surface area contributed by atoms with Crippen molar-refractivity contribution < 1.29 is 5.48 Å². The van der Waals surface area contributed by atoms with Gasteiger partial charge in [0.25, 0.3) is 0 Å². The van der Waals surface area contributed by atoms with Crippen LogP contribution in [0.1, 0.15) is 5.48 Å². The average Bonchev–Trinajstić information content (AvgIpc) is 2.51. The van der Waals surface area contributed by atoms with E-state index in [2.05, 4.69) is 15.9 Å². The van der Waals surface area contributed by atoms with Crippen LogP contribution in [0.5, 0.6) is 0 Å². The molecule has 0 N–H and O–H groups in total. The van der Waals surface area contributed by atoms with Crippen LogP contribution in [0.15, 0.2) is 71.1 Å². The molecule has 3 aromatic carbocycles. The predicted molar refractivity (Wildman–Crippen MR) is 77.1 cm³/mol. The molecule has 0 spiro atoms. The summed E-state index contributed by atoms with van der Waals surface area (Å²) in [7, 11) is 0. The van der Waals surface area contributed by atoms with E-state index in [1.165, 1.54) is 0 Å². The van der Waals surface area contributed by atoms with Crippen molar-refractivity contribution in [2.45, 2.75) is 0 Å². The van der Waals surface area contributed by atoms with E-state index in [0.29, 0.717) is 5.56 Å². The molecule has 0 saturated carbocycles. The van der Waals surface area contributed by atoms with E-state index < -0.39 is 0 Å². The second-order valence-corrected chi connectivity index (χ2v) is 4.54. The van der Waals surface area contributed by atoms with Crippen molar-refractivity contribution in [1.82, 2.24) is 0 Å². The Hall–Kier alpha value is -1.60. The Kier molecular flexibility index (Phi) is 1.78. The van der Waals surface area contributed by atoms with Crippen molar-refractivity contribution in [2.24, 2.45) is 0 Å². The van der Waals surface area contributed by atoms with Crippen LogP contribution >= 0.6 is 15.9 Å². The number of hydrogen-bond acceptors (Lipinski definition) is 0. The Labute approximate surface area is 115 Å². The summed E-state index contributed by atoms with van der Waals surface area (Å²) in [6.07, 6.45) is 0. The first-order valence-electron chi connectivity index (χ1n) is 7.25. The van der Waals surface area contributed by atoms with Crippen LogP contribution in [0, 0.1) is 0 Å². The minimum Gasteiger partial charge on any atom is -0.0616 e. The summed E-state index contributed by atoms with van der Waals surface area (Å²) in [5.41, 5.74) is 1.10. The highest BCUT2D eigenvalue weighted by Gasteiger charge is 1.99. The summed E-state index contributed by atoms with van der Waals surface area (Å²) in [6, 6.07) is 13.3. The zero-order valence-corrected chi connectivity index (χ0v) is 10.5. The van der Waals surface area contributed by atoms with E-state index in [0.717, 1.165) is 16.3 Å². The van der Waals surface area contributed by atoms with E-state index in [1.807, 2.05) is 42.5 Å². The first-order chi connectivity index (χ1) is 10.0. The Balaban J connectivity index is 2.32. The molecular formula is C16H11Br. The van der Waals surface area contributed by atoms with Gasteiger partial charge in [-0.15, -0.1) is 0 Å². The molecule has 0 saturated heterocycles. The molecule has 0 fully saturated rings. The molecule has 0 aromatic heterocycles. The number of halogens is 1. The van der Waals surface area contributed by atoms with E-state index in [9.17, 15) is 0 Å². The number of hydrogen-bond donors (Lipinski definition) is 0. The minimum atomic E-state index is -0.166. The summed E-state index contributed by atoms with van der Waals surface area (Å²) in [5, 5.41) is 2.10. The van der Waals surface area contributed by atoms with E-state index in [-0.39, 0.29) is 28.6 Å². The smallest absolute Gasteiger partial charge is 0.0616 e. The molecule has 0 bridgehead atoms. The maximum Gasteiger partial charge on any atom is 0.0641 e. The van der Waals surface area contributed by atoms with Gasteiger partial charge in [-0.1, -0.05) is 64.4 Å². The van der Waals surface area contributed by atoms with Gasteiger partial charge >= 0.3 is 0 Å². The lowest BCUT2D eigenvalue weighted by molar-refractivity contribution is 1.61. The molecule has 0 unspecified atom stereocenters. The minimum absolute atomic E-state index is 0.0799. The lowest BCUT2D eigenvalue weighted by Gasteiger charge is -2.04. The lowest BCUT2D eigenvalue weighted by atomic mass is 10.0. The van der Waals surface area contributed by atoms with Gasteiger partial charge in [-0.3, -0.25) is 0 Å². The van der Waals surface area contributed by atoms with Gasteiger partial charge in [0.1, 0.15) is 0 Å². The Morgan fingerprint density at radius 1 is 0.882 bits per heavy atom. The number of rotatable bonds is 1. The van der Waals surface area contributed by atoms with Crippen LogP contribution in [-0.2, 0) is 0 Å².